The molecule has 3 aromatic heterocycles. The van der Waals surface area contributed by atoms with Gasteiger partial charge in [0.25, 0.3) is 0 Å². The van der Waals surface area contributed by atoms with Gasteiger partial charge >= 0.3 is 0 Å². The molecule has 6 nitrogen and oxygen atoms in total. The van der Waals surface area contributed by atoms with E-state index in [9.17, 15) is 4.39 Å². The van der Waals surface area contributed by atoms with Crippen molar-refractivity contribution in [2.24, 2.45) is 0 Å². The summed E-state index contributed by atoms with van der Waals surface area (Å²) >= 11 is 0. The first kappa shape index (κ1) is 15.3. The maximum atomic E-state index is 13.9. The van der Waals surface area contributed by atoms with Crippen LogP contribution >= 0.6 is 0 Å². The number of nitrogens with zero attached hydrogens (tertiary/aromatic N) is 5. The molecule has 1 aromatic carbocycles. The number of anilines is 1. The fourth-order valence-corrected chi connectivity index (χ4v) is 2.78. The normalized spacial score (nSPS) is 12.4. The molecule has 0 fully saturated rings. The molecule has 7 heteroatoms. The molecular weight excluding hydrogens is 319 g/mol. The van der Waals surface area contributed by atoms with Crippen LogP contribution in [0, 0.1) is 12.7 Å². The van der Waals surface area contributed by atoms with Crippen LogP contribution in [0.25, 0.3) is 11.3 Å². The van der Waals surface area contributed by atoms with E-state index >= 15 is 0 Å². The lowest BCUT2D eigenvalue weighted by molar-refractivity contribution is 0.611. The zero-order valence-electron chi connectivity index (χ0n) is 13.9. The molecule has 25 heavy (non-hydrogen) atoms. The van der Waals surface area contributed by atoms with Crippen LogP contribution < -0.4 is 5.32 Å². The minimum atomic E-state index is -0.305. The number of hydrogen-bond donors (Lipinski definition) is 1. The Bertz CT molecular complexity index is 1030. The lowest BCUT2D eigenvalue weighted by atomic mass is 10.2. The largest absolute Gasteiger partial charge is 0.363 e. The van der Waals surface area contributed by atoms with Crippen LogP contribution in [-0.2, 0) is 0 Å². The Balaban J connectivity index is 1.62. The van der Waals surface area contributed by atoms with Crippen LogP contribution in [-0.4, -0.2) is 24.4 Å². The Morgan fingerprint density at radius 1 is 1.16 bits per heavy atom. The minimum absolute atomic E-state index is 0.0327. The van der Waals surface area contributed by atoms with Crippen molar-refractivity contribution < 1.29 is 4.39 Å². The maximum Gasteiger partial charge on any atom is 0.157 e. The van der Waals surface area contributed by atoms with Crippen LogP contribution in [0.4, 0.5) is 10.2 Å². The molecule has 1 atom stereocenters. The fourth-order valence-electron chi connectivity index (χ4n) is 2.78. The third-order valence-electron chi connectivity index (χ3n) is 4.05. The summed E-state index contributed by atoms with van der Waals surface area (Å²) in [4.78, 5) is 4.43. The van der Waals surface area contributed by atoms with Crippen molar-refractivity contribution in [3.63, 3.8) is 0 Å². The van der Waals surface area contributed by atoms with Gasteiger partial charge in [0.05, 0.1) is 18.4 Å². The van der Waals surface area contributed by atoms with E-state index in [1.165, 1.54) is 6.07 Å². The zero-order valence-corrected chi connectivity index (χ0v) is 13.9. The smallest absolute Gasteiger partial charge is 0.157 e. The van der Waals surface area contributed by atoms with Gasteiger partial charge in [0.1, 0.15) is 17.3 Å². The van der Waals surface area contributed by atoms with Crippen molar-refractivity contribution in [2.45, 2.75) is 19.9 Å². The summed E-state index contributed by atoms with van der Waals surface area (Å²) in [6, 6.07) is 10.3. The van der Waals surface area contributed by atoms with Crippen molar-refractivity contribution in [3.8, 4) is 5.69 Å². The lowest BCUT2D eigenvalue weighted by Crippen LogP contribution is -2.11. The van der Waals surface area contributed by atoms with Crippen molar-refractivity contribution in [2.75, 3.05) is 5.32 Å². The van der Waals surface area contributed by atoms with Crippen molar-refractivity contribution in [1.82, 2.24) is 24.4 Å². The van der Waals surface area contributed by atoms with E-state index in [4.69, 9.17) is 0 Å². The number of para-hydroxylation sites is 1. The highest BCUT2D eigenvalue weighted by Gasteiger charge is 2.13. The van der Waals surface area contributed by atoms with Crippen LogP contribution in [0.2, 0.25) is 0 Å². The predicted molar refractivity (Wildman–Crippen MR) is 93.3 cm³/mol. The molecule has 1 N–H and O–H groups in total. The summed E-state index contributed by atoms with van der Waals surface area (Å²) in [5, 5.41) is 12.0. The topological polar surface area (TPSA) is 60.0 Å². The first-order valence-electron chi connectivity index (χ1n) is 7.99. The summed E-state index contributed by atoms with van der Waals surface area (Å²) in [5.41, 5.74) is 3.06. The van der Waals surface area contributed by atoms with Gasteiger partial charge < -0.3 is 5.32 Å². The van der Waals surface area contributed by atoms with Crippen molar-refractivity contribution in [3.05, 3.63) is 72.1 Å². The van der Waals surface area contributed by atoms with Gasteiger partial charge in [0, 0.05) is 29.6 Å². The molecule has 0 radical (unpaired) electrons. The molecule has 0 unspecified atom stereocenters. The Morgan fingerprint density at radius 2 is 2.00 bits per heavy atom. The Kier molecular flexibility index (Phi) is 3.68. The molecule has 4 rings (SSSR count). The molecule has 0 bridgehead atoms. The predicted octanol–water partition coefficient (Wildman–Crippen LogP) is 3.54. The van der Waals surface area contributed by atoms with E-state index in [1.54, 1.807) is 39.8 Å². The summed E-state index contributed by atoms with van der Waals surface area (Å²) < 4.78 is 17.2. The maximum absolute atomic E-state index is 13.9. The second-order valence-electron chi connectivity index (χ2n) is 5.92. The first-order chi connectivity index (χ1) is 12.1. The highest BCUT2D eigenvalue weighted by Crippen LogP contribution is 2.21. The van der Waals surface area contributed by atoms with Gasteiger partial charge in [0.15, 0.2) is 5.65 Å². The van der Waals surface area contributed by atoms with Crippen molar-refractivity contribution >= 4 is 11.5 Å². The van der Waals surface area contributed by atoms with Gasteiger partial charge in [-0.15, -0.1) is 0 Å². The third kappa shape index (κ3) is 2.84. The van der Waals surface area contributed by atoms with Gasteiger partial charge in [0.2, 0.25) is 0 Å². The fraction of sp³-hybridized carbons (Fsp3) is 0.167. The number of fused-ring (bicyclic) bond motifs is 1. The molecular formula is C18H17FN6. The minimum Gasteiger partial charge on any atom is -0.363 e. The summed E-state index contributed by atoms with van der Waals surface area (Å²) in [5.74, 6) is 0.541. The standard InChI is InChI=1S/C18H17FN6/c1-12-9-18(25-17(22-12)7-8-20-25)23-13(2)14-10-21-24(11-14)16-6-4-3-5-15(16)19/h3-11,13,23H,1-2H3/t13-/m1/s1. The SMILES string of the molecule is Cc1cc(N[C@H](C)c2cnn(-c3ccccc3F)c2)n2nccc2n1. The van der Waals surface area contributed by atoms with Crippen LogP contribution in [0.5, 0.6) is 0 Å². The second kappa shape index (κ2) is 6.01. The molecule has 0 aliphatic carbocycles. The quantitative estimate of drug-likeness (QED) is 0.619. The first-order valence-corrected chi connectivity index (χ1v) is 7.99. The highest BCUT2D eigenvalue weighted by molar-refractivity contribution is 5.50. The zero-order chi connectivity index (χ0) is 17.4. The van der Waals surface area contributed by atoms with Gasteiger partial charge in [-0.25, -0.2) is 14.1 Å². The molecule has 0 amide bonds. The molecule has 126 valence electrons. The van der Waals surface area contributed by atoms with Crippen molar-refractivity contribution in [1.29, 1.82) is 0 Å². The number of aryl methyl sites for hydroxylation is 1. The monoisotopic (exact) mass is 336 g/mol. The van der Waals surface area contributed by atoms with Gasteiger partial charge in [-0.2, -0.15) is 14.7 Å². The average molecular weight is 336 g/mol. The molecule has 3 heterocycles. The van der Waals surface area contributed by atoms with Gasteiger partial charge in [-0.1, -0.05) is 12.1 Å². The molecule has 0 saturated carbocycles. The summed E-state index contributed by atoms with van der Waals surface area (Å²) in [7, 11) is 0. The van der Waals surface area contributed by atoms with E-state index in [0.29, 0.717) is 5.69 Å². The second-order valence-corrected chi connectivity index (χ2v) is 5.92. The van der Waals surface area contributed by atoms with Crippen LogP contribution in [0.1, 0.15) is 24.2 Å². The molecule has 0 saturated heterocycles. The highest BCUT2D eigenvalue weighted by atomic mass is 19.1. The van der Waals surface area contributed by atoms with Crippen LogP contribution in [0.3, 0.4) is 0 Å². The van der Waals surface area contributed by atoms with E-state index < -0.39 is 0 Å². The number of benzene rings is 1. The lowest BCUT2D eigenvalue weighted by Gasteiger charge is -2.15. The molecule has 0 aliphatic heterocycles. The number of nitrogens with one attached hydrogen (secondary N) is 1. The van der Waals surface area contributed by atoms with E-state index in [-0.39, 0.29) is 11.9 Å². The number of halogens is 1. The van der Waals surface area contributed by atoms with E-state index in [0.717, 1.165) is 22.7 Å². The average Bonchev–Trinajstić information content (AvgIpc) is 3.24. The Hall–Kier alpha value is -3.22. The summed E-state index contributed by atoms with van der Waals surface area (Å²) in [6.07, 6.45) is 5.27. The Morgan fingerprint density at radius 3 is 2.84 bits per heavy atom. The van der Waals surface area contributed by atoms with Crippen LogP contribution in [0.15, 0.2) is 55.0 Å². The molecule has 0 spiro atoms. The molecule has 4 aromatic rings. The van der Waals surface area contributed by atoms with Gasteiger partial charge in [-0.05, 0) is 26.0 Å². The third-order valence-corrected chi connectivity index (χ3v) is 4.05. The number of hydrogen-bond acceptors (Lipinski definition) is 4. The van der Waals surface area contributed by atoms with E-state index in [1.807, 2.05) is 32.2 Å². The number of aromatic nitrogens is 5. The Labute approximate surface area is 143 Å². The number of rotatable bonds is 4. The van der Waals surface area contributed by atoms with E-state index in [2.05, 4.69) is 20.5 Å². The summed E-state index contributed by atoms with van der Waals surface area (Å²) in [6.45, 7) is 3.97. The van der Waals surface area contributed by atoms with Gasteiger partial charge in [-0.3, -0.25) is 0 Å². The molecule has 0 aliphatic rings.